The van der Waals surface area contributed by atoms with Crippen LogP contribution in [0.2, 0.25) is 0 Å². The zero-order valence-corrected chi connectivity index (χ0v) is 16.8. The highest BCUT2D eigenvalue weighted by Crippen LogP contribution is 2.34. The van der Waals surface area contributed by atoms with Crippen LogP contribution in [0.4, 0.5) is 10.1 Å². The Hall–Kier alpha value is -4.00. The molecule has 31 heavy (non-hydrogen) atoms. The second-order valence-corrected chi connectivity index (χ2v) is 7.02. The van der Waals surface area contributed by atoms with Crippen molar-refractivity contribution >= 4 is 29.3 Å². The second kappa shape index (κ2) is 9.67. The molecule has 0 spiro atoms. The Bertz CT molecular complexity index is 1140. The van der Waals surface area contributed by atoms with Crippen molar-refractivity contribution < 1.29 is 23.6 Å². The van der Waals surface area contributed by atoms with Gasteiger partial charge >= 0.3 is 0 Å². The number of benzene rings is 2. The second-order valence-electron chi connectivity index (χ2n) is 6.01. The number of nitro groups is 1. The Kier molecular flexibility index (Phi) is 6.77. The summed E-state index contributed by atoms with van der Waals surface area (Å²) in [6.07, 6.45) is 1.46. The summed E-state index contributed by atoms with van der Waals surface area (Å²) in [6.45, 7) is -0.475. The van der Waals surface area contributed by atoms with Crippen molar-refractivity contribution in [3.63, 3.8) is 0 Å². The fourth-order valence-electron chi connectivity index (χ4n) is 2.29. The monoisotopic (exact) mass is 446 g/mol. The number of nitrogens with zero attached hydrogens (tertiary/aromatic N) is 4. The normalized spacial score (nSPS) is 10.4. The third kappa shape index (κ3) is 5.76. The lowest BCUT2D eigenvalue weighted by Crippen LogP contribution is -2.43. The van der Waals surface area contributed by atoms with E-state index in [4.69, 9.17) is 4.74 Å². The highest BCUT2D eigenvalue weighted by atomic mass is 32.2. The summed E-state index contributed by atoms with van der Waals surface area (Å²) in [7, 11) is 1.69. The topological polar surface area (TPSA) is 141 Å². The maximum Gasteiger partial charge on any atom is 0.284 e. The van der Waals surface area contributed by atoms with E-state index in [2.05, 4.69) is 21.0 Å². The fraction of sp³-hybridized carbons (Fsp3) is 0.111. The first-order valence-electron chi connectivity index (χ1n) is 8.61. The molecule has 2 aromatic carbocycles. The maximum atomic E-state index is 13.1. The number of aryl methyl sites for hydroxylation is 1. The Morgan fingerprint density at radius 1 is 1.26 bits per heavy atom. The van der Waals surface area contributed by atoms with Gasteiger partial charge in [-0.3, -0.25) is 30.6 Å². The SMILES string of the molecule is Cn1cnnc1Sc1ccc(C(=O)NNC(=O)COc2cccc(F)c2)cc1[N+](=O)[O-]. The lowest BCUT2D eigenvalue weighted by atomic mass is 10.2. The summed E-state index contributed by atoms with van der Waals surface area (Å²) in [5.74, 6) is -1.85. The molecule has 13 heteroatoms. The van der Waals surface area contributed by atoms with Gasteiger partial charge in [0.1, 0.15) is 17.9 Å². The van der Waals surface area contributed by atoms with E-state index in [-0.39, 0.29) is 21.9 Å². The molecule has 0 atom stereocenters. The number of hydrazine groups is 1. The molecule has 11 nitrogen and oxygen atoms in total. The molecule has 0 aliphatic rings. The zero-order chi connectivity index (χ0) is 22.4. The predicted molar refractivity (Wildman–Crippen MR) is 106 cm³/mol. The molecular formula is C18H15FN6O5S. The average Bonchev–Trinajstić information content (AvgIpc) is 3.15. The number of hydrogen-bond donors (Lipinski definition) is 2. The zero-order valence-electron chi connectivity index (χ0n) is 15.9. The van der Waals surface area contributed by atoms with Crippen LogP contribution in [0.3, 0.4) is 0 Å². The van der Waals surface area contributed by atoms with Gasteiger partial charge in [0.25, 0.3) is 17.5 Å². The highest BCUT2D eigenvalue weighted by Gasteiger charge is 2.20. The van der Waals surface area contributed by atoms with Gasteiger partial charge in [0, 0.05) is 24.7 Å². The quantitative estimate of drug-likeness (QED) is 0.414. The minimum absolute atomic E-state index is 0.0413. The molecular weight excluding hydrogens is 431 g/mol. The molecule has 160 valence electrons. The van der Waals surface area contributed by atoms with Crippen LogP contribution in [-0.4, -0.2) is 38.1 Å². The molecule has 0 saturated heterocycles. The van der Waals surface area contributed by atoms with Crippen molar-refractivity contribution in [2.45, 2.75) is 10.1 Å². The Morgan fingerprint density at radius 2 is 2.06 bits per heavy atom. The van der Waals surface area contributed by atoms with Gasteiger partial charge in [-0.05, 0) is 36.0 Å². The van der Waals surface area contributed by atoms with Gasteiger partial charge in [0.15, 0.2) is 11.8 Å². The van der Waals surface area contributed by atoms with Crippen molar-refractivity contribution in [3.05, 3.63) is 70.3 Å². The number of ether oxygens (including phenoxy) is 1. The van der Waals surface area contributed by atoms with E-state index in [1.165, 1.54) is 36.7 Å². The van der Waals surface area contributed by atoms with Crippen LogP contribution in [0.25, 0.3) is 0 Å². The molecule has 0 radical (unpaired) electrons. The molecule has 0 aliphatic carbocycles. The molecule has 1 aromatic heterocycles. The van der Waals surface area contributed by atoms with Gasteiger partial charge in [-0.2, -0.15) is 0 Å². The number of nitro benzene ring substituents is 1. The van der Waals surface area contributed by atoms with Crippen LogP contribution in [0.5, 0.6) is 5.75 Å². The lowest BCUT2D eigenvalue weighted by Gasteiger charge is -2.09. The number of rotatable bonds is 7. The summed E-state index contributed by atoms with van der Waals surface area (Å²) in [5, 5.41) is 19.4. The molecule has 0 unspecified atom stereocenters. The first kappa shape index (κ1) is 21.7. The van der Waals surface area contributed by atoms with Gasteiger partial charge in [-0.1, -0.05) is 6.07 Å². The lowest BCUT2D eigenvalue weighted by molar-refractivity contribution is -0.387. The van der Waals surface area contributed by atoms with Crippen molar-refractivity contribution in [2.75, 3.05) is 6.61 Å². The summed E-state index contributed by atoms with van der Waals surface area (Å²) in [4.78, 5) is 35.1. The molecule has 0 bridgehead atoms. The summed E-state index contributed by atoms with van der Waals surface area (Å²) in [6, 6.07) is 9.08. The van der Waals surface area contributed by atoms with Crippen molar-refractivity contribution in [1.82, 2.24) is 25.6 Å². The van der Waals surface area contributed by atoms with Gasteiger partial charge in [-0.15, -0.1) is 10.2 Å². The number of aromatic nitrogens is 3. The number of nitrogens with one attached hydrogen (secondary N) is 2. The summed E-state index contributed by atoms with van der Waals surface area (Å²) in [5.41, 5.74) is 3.91. The molecule has 0 saturated carbocycles. The molecule has 0 aliphatic heterocycles. The van der Waals surface area contributed by atoms with Gasteiger partial charge in [-0.25, -0.2) is 4.39 Å². The van der Waals surface area contributed by atoms with Crippen molar-refractivity contribution in [3.8, 4) is 5.75 Å². The minimum atomic E-state index is -0.766. The smallest absolute Gasteiger partial charge is 0.284 e. The van der Waals surface area contributed by atoms with E-state index < -0.39 is 29.2 Å². The molecule has 3 rings (SSSR count). The van der Waals surface area contributed by atoms with Crippen LogP contribution in [-0.2, 0) is 11.8 Å². The highest BCUT2D eigenvalue weighted by molar-refractivity contribution is 7.99. The number of halogens is 1. The number of amides is 2. The van der Waals surface area contributed by atoms with Crippen LogP contribution >= 0.6 is 11.8 Å². The third-order valence-electron chi connectivity index (χ3n) is 3.77. The number of carbonyl (C=O) groups is 2. The summed E-state index contributed by atoms with van der Waals surface area (Å²) >= 11 is 1.02. The van der Waals surface area contributed by atoms with Crippen LogP contribution < -0.4 is 15.6 Å². The maximum absolute atomic E-state index is 13.1. The van der Waals surface area contributed by atoms with Crippen LogP contribution in [0, 0.1) is 15.9 Å². The van der Waals surface area contributed by atoms with E-state index in [0.717, 1.165) is 23.9 Å². The molecule has 0 fully saturated rings. The number of hydrogen-bond acceptors (Lipinski definition) is 8. The Balaban J connectivity index is 1.60. The van der Waals surface area contributed by atoms with Gasteiger partial charge in [0.05, 0.1) is 9.82 Å². The van der Waals surface area contributed by atoms with Crippen molar-refractivity contribution in [1.29, 1.82) is 0 Å². The van der Waals surface area contributed by atoms with E-state index in [9.17, 15) is 24.1 Å². The molecule has 2 amide bonds. The fourth-order valence-corrected chi connectivity index (χ4v) is 3.14. The Morgan fingerprint density at radius 3 is 2.74 bits per heavy atom. The average molecular weight is 446 g/mol. The number of carbonyl (C=O) groups excluding carboxylic acids is 2. The van der Waals surface area contributed by atoms with E-state index in [1.807, 2.05) is 0 Å². The molecule has 2 N–H and O–H groups in total. The minimum Gasteiger partial charge on any atom is -0.484 e. The first-order chi connectivity index (χ1) is 14.8. The van der Waals surface area contributed by atoms with Gasteiger partial charge < -0.3 is 9.30 Å². The van der Waals surface area contributed by atoms with E-state index in [0.29, 0.717) is 5.16 Å². The molecule has 1 heterocycles. The standard InChI is InChI=1S/C18H15FN6O5S/c1-24-10-20-23-18(24)31-15-6-5-11(7-14(15)25(28)29)17(27)22-21-16(26)9-30-13-4-2-3-12(19)8-13/h2-8,10H,9H2,1H3,(H,21,26)(H,22,27). The summed E-state index contributed by atoms with van der Waals surface area (Å²) < 4.78 is 19.8. The predicted octanol–water partition coefficient (Wildman–Crippen LogP) is 1.85. The third-order valence-corrected chi connectivity index (χ3v) is 4.89. The first-order valence-corrected chi connectivity index (χ1v) is 9.43. The van der Waals surface area contributed by atoms with Gasteiger partial charge in [0.2, 0.25) is 0 Å². The molecule has 3 aromatic rings. The van der Waals surface area contributed by atoms with Crippen LogP contribution in [0.1, 0.15) is 10.4 Å². The van der Waals surface area contributed by atoms with E-state index in [1.54, 1.807) is 11.6 Å². The largest absolute Gasteiger partial charge is 0.484 e. The van der Waals surface area contributed by atoms with E-state index >= 15 is 0 Å². The Labute approximate surface area is 178 Å². The van der Waals surface area contributed by atoms with Crippen molar-refractivity contribution in [2.24, 2.45) is 7.05 Å². The van der Waals surface area contributed by atoms with Crippen LogP contribution in [0.15, 0.2) is 58.8 Å².